The number of hydrogen-bond donors (Lipinski definition) is 3. The molecule has 2 amide bonds. The zero-order valence-electron chi connectivity index (χ0n) is 19.5. The summed E-state index contributed by atoms with van der Waals surface area (Å²) in [5, 5.41) is 12.6. The second-order valence-electron chi connectivity index (χ2n) is 6.96. The van der Waals surface area contributed by atoms with Crippen LogP contribution in [0.1, 0.15) is 39.9 Å². The summed E-state index contributed by atoms with van der Waals surface area (Å²) in [7, 11) is 1.50. The van der Waals surface area contributed by atoms with Crippen LogP contribution in [0.2, 0.25) is 0 Å². The maximum absolute atomic E-state index is 12.7. The van der Waals surface area contributed by atoms with Gasteiger partial charge in [0.1, 0.15) is 5.82 Å². The van der Waals surface area contributed by atoms with Gasteiger partial charge in [-0.3, -0.25) is 9.59 Å². The molecular formula is C21H23N5O4. The maximum Gasteiger partial charge on any atom is 0.254 e. The maximum atomic E-state index is 12.7. The van der Waals surface area contributed by atoms with Crippen LogP contribution in [0.3, 0.4) is 0 Å². The van der Waals surface area contributed by atoms with Crippen molar-refractivity contribution in [3.8, 4) is 5.75 Å². The molecule has 2 aromatic heterocycles. The molecule has 0 unspecified atom stereocenters. The Hall–Kier alpha value is -3.62. The molecule has 0 saturated heterocycles. The van der Waals surface area contributed by atoms with E-state index in [0.29, 0.717) is 34.5 Å². The first-order valence-corrected chi connectivity index (χ1v) is 9.56. The van der Waals surface area contributed by atoms with Crippen molar-refractivity contribution >= 4 is 40.0 Å². The molecule has 1 aromatic carbocycles. The second-order valence-corrected chi connectivity index (χ2v) is 6.96. The van der Waals surface area contributed by atoms with Crippen molar-refractivity contribution in [3.05, 3.63) is 35.7 Å². The van der Waals surface area contributed by atoms with E-state index in [1.54, 1.807) is 12.1 Å². The summed E-state index contributed by atoms with van der Waals surface area (Å²) in [6.07, 6.45) is 3.48. The SMILES string of the molecule is [2H]C([2H])([2H])NC(=O)c1cnc(NC(=O)C2CC2)cc1Nc1ccc2onc(CC)c2c1OC. The molecule has 1 aliphatic carbocycles. The lowest BCUT2D eigenvalue weighted by Crippen LogP contribution is -2.20. The summed E-state index contributed by atoms with van der Waals surface area (Å²) < 4.78 is 33.0. The molecule has 1 saturated carbocycles. The molecule has 0 radical (unpaired) electrons. The molecule has 0 atom stereocenters. The van der Waals surface area contributed by atoms with Gasteiger partial charge in [0.25, 0.3) is 5.91 Å². The highest BCUT2D eigenvalue weighted by atomic mass is 16.5. The number of amides is 2. The Balaban J connectivity index is 1.75. The number of ether oxygens (including phenoxy) is 1. The number of anilines is 3. The number of carbonyl (C=O) groups excluding carboxylic acids is 2. The third-order valence-corrected chi connectivity index (χ3v) is 4.93. The standard InChI is InChI=1S/C21H23N5O4/c1-4-13-18-16(30-26-13)8-7-14(19(18)29-3)24-15-9-17(25-20(27)11-5-6-11)23-10-12(15)21(28)22-2/h7-11H,4-6H2,1-3H3,(H,22,28)(H2,23,24,25,27)/i2D3. The molecule has 2 heterocycles. The summed E-state index contributed by atoms with van der Waals surface area (Å²) in [4.78, 5) is 29.0. The van der Waals surface area contributed by atoms with Crippen LogP contribution in [0.5, 0.6) is 5.75 Å². The summed E-state index contributed by atoms with van der Waals surface area (Å²) in [5.41, 5.74) is 1.97. The van der Waals surface area contributed by atoms with Gasteiger partial charge in [-0.1, -0.05) is 12.1 Å². The third-order valence-electron chi connectivity index (χ3n) is 4.93. The van der Waals surface area contributed by atoms with Crippen molar-refractivity contribution in [1.82, 2.24) is 15.5 Å². The predicted molar refractivity (Wildman–Crippen MR) is 112 cm³/mol. The van der Waals surface area contributed by atoms with Crippen LogP contribution in [-0.2, 0) is 11.2 Å². The minimum atomic E-state index is -2.68. The van der Waals surface area contributed by atoms with Crippen molar-refractivity contribution in [2.75, 3.05) is 24.7 Å². The van der Waals surface area contributed by atoms with Crippen molar-refractivity contribution < 1.29 is 23.0 Å². The van der Waals surface area contributed by atoms with E-state index in [2.05, 4.69) is 20.8 Å². The number of pyridine rings is 1. The van der Waals surface area contributed by atoms with Gasteiger partial charge in [-0.2, -0.15) is 0 Å². The van der Waals surface area contributed by atoms with E-state index in [-0.39, 0.29) is 28.9 Å². The minimum absolute atomic E-state index is 0.0151. The van der Waals surface area contributed by atoms with Gasteiger partial charge >= 0.3 is 0 Å². The largest absolute Gasteiger partial charge is 0.494 e. The van der Waals surface area contributed by atoms with Gasteiger partial charge in [0.05, 0.1) is 35.1 Å². The smallest absolute Gasteiger partial charge is 0.254 e. The van der Waals surface area contributed by atoms with E-state index >= 15 is 0 Å². The predicted octanol–water partition coefficient (Wildman–Crippen LogP) is 3.25. The van der Waals surface area contributed by atoms with Gasteiger partial charge in [-0.05, 0) is 31.4 Å². The molecule has 1 aliphatic rings. The zero-order chi connectivity index (χ0) is 23.8. The number of fused-ring (bicyclic) bond motifs is 1. The van der Waals surface area contributed by atoms with Gasteiger partial charge < -0.3 is 25.2 Å². The Bertz CT molecular complexity index is 1220. The molecule has 9 nitrogen and oxygen atoms in total. The Labute approximate surface area is 177 Å². The fraction of sp³-hybridized carbons (Fsp3) is 0.333. The monoisotopic (exact) mass is 412 g/mol. The van der Waals surface area contributed by atoms with Crippen molar-refractivity contribution in [2.24, 2.45) is 5.92 Å². The van der Waals surface area contributed by atoms with Crippen molar-refractivity contribution in [1.29, 1.82) is 0 Å². The van der Waals surface area contributed by atoms with E-state index in [9.17, 15) is 9.59 Å². The number of rotatable bonds is 7. The molecule has 30 heavy (non-hydrogen) atoms. The Morgan fingerprint density at radius 1 is 1.33 bits per heavy atom. The average molecular weight is 412 g/mol. The lowest BCUT2D eigenvalue weighted by atomic mass is 10.1. The van der Waals surface area contributed by atoms with Crippen molar-refractivity contribution in [2.45, 2.75) is 26.2 Å². The first kappa shape index (κ1) is 16.2. The number of methoxy groups -OCH3 is 1. The lowest BCUT2D eigenvalue weighted by molar-refractivity contribution is -0.117. The molecular weight excluding hydrogens is 386 g/mol. The number of hydrogen-bond acceptors (Lipinski definition) is 7. The van der Waals surface area contributed by atoms with Gasteiger partial charge in [-0.15, -0.1) is 0 Å². The minimum Gasteiger partial charge on any atom is -0.494 e. The molecule has 0 bridgehead atoms. The summed E-state index contributed by atoms with van der Waals surface area (Å²) >= 11 is 0. The summed E-state index contributed by atoms with van der Waals surface area (Å²) in [6, 6.07) is 4.89. The van der Waals surface area contributed by atoms with Gasteiger partial charge in [0, 0.05) is 29.3 Å². The molecule has 9 heteroatoms. The van der Waals surface area contributed by atoms with Crippen LogP contribution in [0.4, 0.5) is 17.2 Å². The highest BCUT2D eigenvalue weighted by Gasteiger charge is 2.30. The Morgan fingerprint density at radius 2 is 2.17 bits per heavy atom. The van der Waals surface area contributed by atoms with Crippen molar-refractivity contribution in [3.63, 3.8) is 0 Å². The average Bonchev–Trinajstić information content (AvgIpc) is 3.52. The topological polar surface area (TPSA) is 118 Å². The lowest BCUT2D eigenvalue weighted by Gasteiger charge is -2.16. The fourth-order valence-corrected chi connectivity index (χ4v) is 3.21. The number of aryl methyl sites for hydroxylation is 1. The number of aromatic nitrogens is 2. The van der Waals surface area contributed by atoms with Gasteiger partial charge in [0.2, 0.25) is 5.91 Å². The molecule has 156 valence electrons. The molecule has 3 aromatic rings. The third kappa shape index (κ3) is 3.66. The van der Waals surface area contributed by atoms with E-state index < -0.39 is 12.9 Å². The van der Waals surface area contributed by atoms with Crippen LogP contribution >= 0.6 is 0 Å². The van der Waals surface area contributed by atoms with E-state index in [1.165, 1.54) is 19.4 Å². The van der Waals surface area contributed by atoms with Crippen LogP contribution in [0.25, 0.3) is 11.0 Å². The van der Waals surface area contributed by atoms with Crippen LogP contribution < -0.4 is 20.7 Å². The van der Waals surface area contributed by atoms with Gasteiger partial charge in [0.15, 0.2) is 11.3 Å². The molecule has 0 spiro atoms. The summed E-state index contributed by atoms with van der Waals surface area (Å²) in [5.74, 6) is -0.342. The van der Waals surface area contributed by atoms with Gasteiger partial charge in [-0.25, -0.2) is 4.98 Å². The van der Waals surface area contributed by atoms with Crippen LogP contribution in [-0.4, -0.2) is 36.0 Å². The second kappa shape index (κ2) is 8.02. The van der Waals surface area contributed by atoms with E-state index in [4.69, 9.17) is 13.4 Å². The number of carbonyl (C=O) groups is 2. The molecule has 0 aliphatic heterocycles. The van der Waals surface area contributed by atoms with E-state index in [0.717, 1.165) is 12.8 Å². The van der Waals surface area contributed by atoms with Crippen LogP contribution in [0.15, 0.2) is 28.9 Å². The summed E-state index contributed by atoms with van der Waals surface area (Å²) in [6.45, 7) is -0.742. The quantitative estimate of drug-likeness (QED) is 0.545. The highest BCUT2D eigenvalue weighted by Crippen LogP contribution is 2.38. The molecule has 4 rings (SSSR count). The Kier molecular flexibility index (Phi) is 4.33. The zero-order valence-corrected chi connectivity index (χ0v) is 16.5. The fourth-order valence-electron chi connectivity index (χ4n) is 3.21. The highest BCUT2D eigenvalue weighted by molar-refractivity contribution is 6.02. The molecule has 1 fully saturated rings. The van der Waals surface area contributed by atoms with Crippen LogP contribution in [0, 0.1) is 5.92 Å². The molecule has 3 N–H and O–H groups in total. The number of nitrogens with zero attached hydrogens (tertiary/aromatic N) is 2. The first-order chi connectivity index (χ1) is 15.7. The normalized spacial score (nSPS) is 15.1. The number of nitrogens with one attached hydrogen (secondary N) is 3. The van der Waals surface area contributed by atoms with E-state index in [1.807, 2.05) is 12.2 Å². The first-order valence-electron chi connectivity index (χ1n) is 11.1. The Morgan fingerprint density at radius 3 is 2.87 bits per heavy atom. The number of benzene rings is 1.